The molecule has 17 heavy (non-hydrogen) atoms. The van der Waals surface area contributed by atoms with E-state index in [0.29, 0.717) is 0 Å². The minimum Gasteiger partial charge on any atom is -0.286 e. The summed E-state index contributed by atoms with van der Waals surface area (Å²) in [6.45, 7) is 2.04. The van der Waals surface area contributed by atoms with E-state index in [0.717, 1.165) is 0 Å². The second-order valence-corrected chi connectivity index (χ2v) is 3.37. The molecule has 0 fully saturated rings. The number of aromatic nitrogens is 6. The standard InChI is InChI=1S/C8H10N4.C3H4N2/c1-8(11-6-2-4-9-11)12-7-3-5-10-12;1-2-4-5-3-1/h2-8H,1H3;1-3H,(H,4,5). The third-order valence-electron chi connectivity index (χ3n) is 2.22. The minimum absolute atomic E-state index is 0.148. The Morgan fingerprint density at radius 3 is 1.88 bits per heavy atom. The van der Waals surface area contributed by atoms with Crippen LogP contribution in [0.25, 0.3) is 0 Å². The molecule has 0 aromatic carbocycles. The molecule has 0 amide bonds. The van der Waals surface area contributed by atoms with E-state index in [-0.39, 0.29) is 6.17 Å². The van der Waals surface area contributed by atoms with Gasteiger partial charge in [0.15, 0.2) is 0 Å². The zero-order valence-corrected chi connectivity index (χ0v) is 9.51. The van der Waals surface area contributed by atoms with Gasteiger partial charge in [-0.2, -0.15) is 15.3 Å². The molecule has 1 N–H and O–H groups in total. The fourth-order valence-corrected chi connectivity index (χ4v) is 1.34. The summed E-state index contributed by atoms with van der Waals surface area (Å²) in [5.74, 6) is 0. The zero-order valence-electron chi connectivity index (χ0n) is 9.51. The fraction of sp³-hybridized carbons (Fsp3) is 0.182. The lowest BCUT2D eigenvalue weighted by atomic mass is 10.5. The predicted octanol–water partition coefficient (Wildman–Crippen LogP) is 1.56. The van der Waals surface area contributed by atoms with E-state index in [9.17, 15) is 0 Å². The van der Waals surface area contributed by atoms with Crippen LogP contribution >= 0.6 is 0 Å². The third-order valence-corrected chi connectivity index (χ3v) is 2.22. The molecule has 0 saturated heterocycles. The number of nitrogens with one attached hydrogen (secondary N) is 1. The Labute approximate surface area is 98.9 Å². The van der Waals surface area contributed by atoms with Crippen molar-refractivity contribution in [2.45, 2.75) is 13.1 Å². The quantitative estimate of drug-likeness (QED) is 0.726. The molecular formula is C11H14N6. The van der Waals surface area contributed by atoms with Crippen LogP contribution in [-0.4, -0.2) is 29.8 Å². The molecule has 3 aromatic rings. The molecule has 0 unspecified atom stereocenters. The summed E-state index contributed by atoms with van der Waals surface area (Å²) < 4.78 is 3.71. The molecule has 0 spiro atoms. The Bertz CT molecular complexity index is 431. The van der Waals surface area contributed by atoms with Crippen molar-refractivity contribution in [2.75, 3.05) is 0 Å². The van der Waals surface area contributed by atoms with Gasteiger partial charge in [-0.25, -0.2) is 9.36 Å². The molecule has 0 bridgehead atoms. The highest BCUT2D eigenvalue weighted by atomic mass is 15.4. The number of nitrogens with zero attached hydrogens (tertiary/aromatic N) is 5. The van der Waals surface area contributed by atoms with Crippen molar-refractivity contribution in [3.05, 3.63) is 55.4 Å². The van der Waals surface area contributed by atoms with Crippen molar-refractivity contribution in [1.29, 1.82) is 0 Å². The Kier molecular flexibility index (Phi) is 3.69. The van der Waals surface area contributed by atoms with Crippen molar-refractivity contribution < 1.29 is 0 Å². The SMILES string of the molecule is CC(n1cccn1)n1cccn1.c1cn[nH]c1. The average Bonchev–Trinajstić information content (AvgIpc) is 3.11. The lowest BCUT2D eigenvalue weighted by Crippen LogP contribution is -2.15. The first-order valence-corrected chi connectivity index (χ1v) is 5.30. The van der Waals surface area contributed by atoms with Gasteiger partial charge in [-0.15, -0.1) is 0 Å². The molecule has 0 saturated carbocycles. The van der Waals surface area contributed by atoms with Gasteiger partial charge in [0.1, 0.15) is 6.17 Å². The van der Waals surface area contributed by atoms with Crippen molar-refractivity contribution in [1.82, 2.24) is 29.8 Å². The molecule has 0 aliphatic heterocycles. The highest BCUT2D eigenvalue weighted by Gasteiger charge is 2.04. The van der Waals surface area contributed by atoms with E-state index < -0.39 is 0 Å². The number of hydrogen-bond donors (Lipinski definition) is 1. The number of rotatable bonds is 2. The highest BCUT2D eigenvalue weighted by molar-refractivity contribution is 4.84. The monoisotopic (exact) mass is 230 g/mol. The molecule has 88 valence electrons. The molecule has 6 heteroatoms. The van der Waals surface area contributed by atoms with Gasteiger partial charge in [0, 0.05) is 37.2 Å². The van der Waals surface area contributed by atoms with Crippen molar-refractivity contribution in [3.63, 3.8) is 0 Å². The summed E-state index contributed by atoms with van der Waals surface area (Å²) in [7, 11) is 0. The molecule has 3 rings (SSSR count). The van der Waals surface area contributed by atoms with Crippen LogP contribution in [0.1, 0.15) is 13.1 Å². The van der Waals surface area contributed by atoms with Gasteiger partial charge in [-0.1, -0.05) is 0 Å². The van der Waals surface area contributed by atoms with Crippen molar-refractivity contribution >= 4 is 0 Å². The lowest BCUT2D eigenvalue weighted by molar-refractivity contribution is 0.390. The third kappa shape index (κ3) is 3.04. The van der Waals surface area contributed by atoms with Crippen LogP contribution in [0.15, 0.2) is 55.4 Å². The van der Waals surface area contributed by atoms with E-state index in [1.54, 1.807) is 24.8 Å². The summed E-state index contributed by atoms with van der Waals surface area (Å²) >= 11 is 0. The van der Waals surface area contributed by atoms with Crippen LogP contribution in [0.2, 0.25) is 0 Å². The number of aromatic amines is 1. The molecule has 0 radical (unpaired) electrons. The van der Waals surface area contributed by atoms with Gasteiger partial charge in [0.05, 0.1) is 0 Å². The van der Waals surface area contributed by atoms with Gasteiger partial charge in [-0.3, -0.25) is 5.10 Å². The first-order chi connectivity index (χ1) is 8.38. The maximum absolute atomic E-state index is 4.13. The molecule has 3 aromatic heterocycles. The second kappa shape index (κ2) is 5.64. The van der Waals surface area contributed by atoms with Crippen LogP contribution in [0.4, 0.5) is 0 Å². The molecule has 0 aliphatic carbocycles. The molecule has 0 aliphatic rings. The molecule has 0 atom stereocenters. The largest absolute Gasteiger partial charge is 0.286 e. The van der Waals surface area contributed by atoms with Gasteiger partial charge < -0.3 is 0 Å². The molecular weight excluding hydrogens is 216 g/mol. The summed E-state index contributed by atoms with van der Waals surface area (Å²) in [5.41, 5.74) is 0. The predicted molar refractivity (Wildman–Crippen MR) is 63.2 cm³/mol. The normalized spacial score (nSPS) is 10.0. The molecule has 6 nitrogen and oxygen atoms in total. The van der Waals surface area contributed by atoms with Gasteiger partial charge >= 0.3 is 0 Å². The Morgan fingerprint density at radius 2 is 1.59 bits per heavy atom. The zero-order chi connectivity index (χ0) is 11.9. The maximum atomic E-state index is 4.13. The van der Waals surface area contributed by atoms with Crippen LogP contribution in [-0.2, 0) is 0 Å². The Morgan fingerprint density at radius 1 is 0.941 bits per heavy atom. The van der Waals surface area contributed by atoms with Gasteiger partial charge in [0.25, 0.3) is 0 Å². The minimum atomic E-state index is 0.148. The highest BCUT2D eigenvalue weighted by Crippen LogP contribution is 2.04. The summed E-state index contributed by atoms with van der Waals surface area (Å²) in [6.07, 6.45) is 11.0. The lowest BCUT2D eigenvalue weighted by Gasteiger charge is -2.11. The summed E-state index contributed by atoms with van der Waals surface area (Å²) in [5, 5.41) is 14.5. The topological polar surface area (TPSA) is 64.3 Å². The van der Waals surface area contributed by atoms with E-state index in [1.807, 2.05) is 46.9 Å². The Balaban J connectivity index is 0.000000181. The van der Waals surface area contributed by atoms with Crippen LogP contribution in [0.5, 0.6) is 0 Å². The second-order valence-electron chi connectivity index (χ2n) is 3.37. The first kappa shape index (κ1) is 11.1. The van der Waals surface area contributed by atoms with E-state index in [2.05, 4.69) is 20.4 Å². The van der Waals surface area contributed by atoms with E-state index >= 15 is 0 Å². The summed E-state index contributed by atoms with van der Waals surface area (Å²) in [6, 6.07) is 5.64. The number of H-pyrrole nitrogens is 1. The fourth-order valence-electron chi connectivity index (χ4n) is 1.34. The number of hydrogen-bond acceptors (Lipinski definition) is 3. The summed E-state index contributed by atoms with van der Waals surface area (Å²) in [4.78, 5) is 0. The maximum Gasteiger partial charge on any atom is 0.140 e. The van der Waals surface area contributed by atoms with Gasteiger partial charge in [0.2, 0.25) is 0 Å². The Hall–Kier alpha value is -2.37. The van der Waals surface area contributed by atoms with Crippen LogP contribution < -0.4 is 0 Å². The smallest absolute Gasteiger partial charge is 0.140 e. The average molecular weight is 230 g/mol. The van der Waals surface area contributed by atoms with Crippen LogP contribution in [0, 0.1) is 0 Å². The van der Waals surface area contributed by atoms with Gasteiger partial charge in [-0.05, 0) is 25.1 Å². The van der Waals surface area contributed by atoms with Crippen LogP contribution in [0.3, 0.4) is 0 Å². The van der Waals surface area contributed by atoms with E-state index in [1.165, 1.54) is 0 Å². The van der Waals surface area contributed by atoms with E-state index in [4.69, 9.17) is 0 Å². The van der Waals surface area contributed by atoms with Crippen molar-refractivity contribution in [3.8, 4) is 0 Å². The van der Waals surface area contributed by atoms with Crippen molar-refractivity contribution in [2.24, 2.45) is 0 Å². The first-order valence-electron chi connectivity index (χ1n) is 5.30. The molecule has 3 heterocycles.